The molecule has 0 radical (unpaired) electrons. The summed E-state index contributed by atoms with van der Waals surface area (Å²) in [6.07, 6.45) is 2.58. The molecule has 2 heterocycles. The number of amidine groups is 1. The highest BCUT2D eigenvalue weighted by Gasteiger charge is 2.32. The zero-order valence-corrected chi connectivity index (χ0v) is 15.5. The summed E-state index contributed by atoms with van der Waals surface area (Å²) in [6, 6.07) is 8.12. The highest BCUT2D eigenvalue weighted by molar-refractivity contribution is 8.15. The summed E-state index contributed by atoms with van der Waals surface area (Å²) in [5.41, 5.74) is 0.662. The zero-order chi connectivity index (χ0) is 20.8. The first kappa shape index (κ1) is 20.0. The third kappa shape index (κ3) is 5.62. The second kappa shape index (κ2) is 8.97. The summed E-state index contributed by atoms with van der Waals surface area (Å²) >= 11 is 1.01. The van der Waals surface area contributed by atoms with Gasteiger partial charge in [-0.1, -0.05) is 23.9 Å². The van der Waals surface area contributed by atoms with Gasteiger partial charge in [-0.2, -0.15) is 5.10 Å². The Bertz CT molecular complexity index is 1000. The number of hydrogen-bond acceptors (Lipinski definition) is 9. The van der Waals surface area contributed by atoms with Crippen LogP contribution in [0.25, 0.3) is 0 Å². The number of nitro groups is 1. The molecule has 150 valence electrons. The first-order chi connectivity index (χ1) is 13.9. The van der Waals surface area contributed by atoms with Gasteiger partial charge in [-0.3, -0.25) is 9.59 Å². The van der Waals surface area contributed by atoms with E-state index in [1.807, 2.05) is 0 Å². The van der Waals surface area contributed by atoms with Gasteiger partial charge in [0, 0.05) is 0 Å². The molecule has 1 atom stereocenters. The van der Waals surface area contributed by atoms with Gasteiger partial charge in [0.1, 0.15) is 11.0 Å². The summed E-state index contributed by atoms with van der Waals surface area (Å²) in [5.74, 6) is -1.26. The van der Waals surface area contributed by atoms with Crippen LogP contribution in [-0.2, 0) is 16.3 Å². The number of amides is 1. The summed E-state index contributed by atoms with van der Waals surface area (Å²) < 4.78 is 6.82. The van der Waals surface area contributed by atoms with Gasteiger partial charge < -0.3 is 25.3 Å². The van der Waals surface area contributed by atoms with Gasteiger partial charge in [-0.15, -0.1) is 9.78 Å². The second-order valence-electron chi connectivity index (χ2n) is 5.66. The maximum absolute atomic E-state index is 11.6. The Morgan fingerprint density at radius 1 is 1.48 bits per heavy atom. The van der Waals surface area contributed by atoms with Crippen LogP contribution in [0.5, 0.6) is 5.75 Å². The number of carbonyl (C=O) groups is 2. The van der Waals surface area contributed by atoms with Gasteiger partial charge in [-0.25, -0.2) is 0 Å². The molecule has 13 heteroatoms. The molecule has 29 heavy (non-hydrogen) atoms. The average molecular weight is 418 g/mol. The van der Waals surface area contributed by atoms with Crippen LogP contribution in [-0.4, -0.2) is 48.3 Å². The first-order valence-electron chi connectivity index (χ1n) is 8.12. The molecule has 1 fully saturated rings. The van der Waals surface area contributed by atoms with E-state index in [1.54, 1.807) is 24.3 Å². The third-order valence-electron chi connectivity index (χ3n) is 3.53. The molecule has 0 saturated carbocycles. The standard InChI is InChI=1S/C16H14N6O6S/c23-14(24)7-12-15(25)18-16(29-12)19-17-8-10-2-1-3-11(6-10)28-9-21-5-4-13(20-21)22(26)27/h1-6,8,12H,7,9H2,(H,23,24)(H,18,19,25). The molecule has 1 aliphatic heterocycles. The normalized spacial score (nSPS) is 17.6. The Labute approximate surface area is 167 Å². The lowest BCUT2D eigenvalue weighted by molar-refractivity contribution is -0.389. The van der Waals surface area contributed by atoms with Crippen LogP contribution >= 0.6 is 11.8 Å². The number of nitrogens with zero attached hydrogens (tertiary/aromatic N) is 5. The number of benzene rings is 1. The monoisotopic (exact) mass is 418 g/mol. The van der Waals surface area contributed by atoms with Crippen molar-refractivity contribution >= 4 is 40.8 Å². The lowest BCUT2D eigenvalue weighted by atomic mass is 10.2. The number of thioether (sulfide) groups is 1. The van der Waals surface area contributed by atoms with Crippen LogP contribution in [0.4, 0.5) is 5.82 Å². The number of aromatic nitrogens is 2. The van der Waals surface area contributed by atoms with Crippen molar-refractivity contribution < 1.29 is 24.4 Å². The van der Waals surface area contributed by atoms with Crippen LogP contribution in [0, 0.1) is 10.1 Å². The van der Waals surface area contributed by atoms with Crippen LogP contribution in [0.15, 0.2) is 46.7 Å². The van der Waals surface area contributed by atoms with Crippen molar-refractivity contribution in [2.24, 2.45) is 10.2 Å². The number of carboxylic acid groups (broad SMARTS) is 1. The Kier molecular flexibility index (Phi) is 6.19. The largest absolute Gasteiger partial charge is 0.481 e. The smallest absolute Gasteiger partial charge is 0.390 e. The number of carbonyl (C=O) groups excluding carboxylic acids is 1. The van der Waals surface area contributed by atoms with E-state index in [9.17, 15) is 19.7 Å². The van der Waals surface area contributed by atoms with Crippen molar-refractivity contribution in [1.29, 1.82) is 0 Å². The molecule has 12 nitrogen and oxygen atoms in total. The van der Waals surface area contributed by atoms with E-state index >= 15 is 0 Å². The van der Waals surface area contributed by atoms with Gasteiger partial charge in [-0.05, 0) is 22.6 Å². The minimum absolute atomic E-state index is 0.00955. The molecule has 1 unspecified atom stereocenters. The van der Waals surface area contributed by atoms with E-state index in [-0.39, 0.29) is 24.1 Å². The summed E-state index contributed by atoms with van der Waals surface area (Å²) in [5, 5.41) is 32.9. The minimum atomic E-state index is -1.07. The van der Waals surface area contributed by atoms with Crippen LogP contribution < -0.4 is 10.1 Å². The SMILES string of the molecule is O=C(O)CC1SC(=NN=Cc2cccc(OCn3ccc([N+](=O)[O-])n3)c2)NC1=O. The molecule has 1 aliphatic rings. The quantitative estimate of drug-likeness (QED) is 0.367. The fourth-order valence-electron chi connectivity index (χ4n) is 2.24. The second-order valence-corrected chi connectivity index (χ2v) is 6.85. The fraction of sp³-hybridized carbons (Fsp3) is 0.188. The molecule has 0 aliphatic carbocycles. The fourth-order valence-corrected chi connectivity index (χ4v) is 3.15. The van der Waals surface area contributed by atoms with E-state index in [4.69, 9.17) is 9.84 Å². The molecule has 1 aromatic heterocycles. The van der Waals surface area contributed by atoms with Crippen molar-refractivity contribution in [3.05, 3.63) is 52.2 Å². The van der Waals surface area contributed by atoms with Gasteiger partial charge in [0.15, 0.2) is 5.17 Å². The minimum Gasteiger partial charge on any atom is -0.481 e. The number of nitrogens with one attached hydrogen (secondary N) is 1. The van der Waals surface area contributed by atoms with Crippen molar-refractivity contribution in [2.75, 3.05) is 0 Å². The molecule has 0 spiro atoms. The van der Waals surface area contributed by atoms with E-state index in [0.29, 0.717) is 11.3 Å². The van der Waals surface area contributed by atoms with Crippen molar-refractivity contribution in [3.63, 3.8) is 0 Å². The molecule has 1 saturated heterocycles. The maximum Gasteiger partial charge on any atom is 0.390 e. The molecule has 0 bridgehead atoms. The summed E-state index contributed by atoms with van der Waals surface area (Å²) in [6.45, 7) is -0.00955. The Balaban J connectivity index is 1.57. The van der Waals surface area contributed by atoms with Gasteiger partial charge in [0.25, 0.3) is 0 Å². The van der Waals surface area contributed by atoms with E-state index in [1.165, 1.54) is 23.2 Å². The van der Waals surface area contributed by atoms with Crippen molar-refractivity contribution in [1.82, 2.24) is 15.1 Å². The van der Waals surface area contributed by atoms with Gasteiger partial charge in [0.2, 0.25) is 12.6 Å². The number of ether oxygens (including phenoxy) is 1. The average Bonchev–Trinajstić information content (AvgIpc) is 3.27. The van der Waals surface area contributed by atoms with Crippen molar-refractivity contribution in [3.8, 4) is 5.75 Å². The molecule has 1 amide bonds. The van der Waals surface area contributed by atoms with E-state index < -0.39 is 22.0 Å². The van der Waals surface area contributed by atoms with Crippen LogP contribution in [0.1, 0.15) is 12.0 Å². The third-order valence-corrected chi connectivity index (χ3v) is 4.60. The lowest BCUT2D eigenvalue weighted by Gasteiger charge is -2.04. The van der Waals surface area contributed by atoms with E-state index in [0.717, 1.165) is 11.8 Å². The zero-order valence-electron chi connectivity index (χ0n) is 14.7. The number of carboxylic acids is 1. The molecule has 2 aromatic rings. The number of hydrogen-bond donors (Lipinski definition) is 2. The van der Waals surface area contributed by atoms with Crippen LogP contribution in [0.2, 0.25) is 0 Å². The van der Waals surface area contributed by atoms with Gasteiger partial charge in [0.05, 0.1) is 30.0 Å². The maximum atomic E-state index is 11.6. The predicted octanol–water partition coefficient (Wildman–Crippen LogP) is 1.22. The van der Waals surface area contributed by atoms with Gasteiger partial charge >= 0.3 is 11.8 Å². The highest BCUT2D eigenvalue weighted by atomic mass is 32.2. The van der Waals surface area contributed by atoms with E-state index in [2.05, 4.69) is 20.6 Å². The van der Waals surface area contributed by atoms with Crippen LogP contribution in [0.3, 0.4) is 0 Å². The predicted molar refractivity (Wildman–Crippen MR) is 103 cm³/mol. The number of rotatable bonds is 8. The summed E-state index contributed by atoms with van der Waals surface area (Å²) in [7, 11) is 0. The lowest BCUT2D eigenvalue weighted by Crippen LogP contribution is -2.26. The Morgan fingerprint density at radius 2 is 2.31 bits per heavy atom. The van der Waals surface area contributed by atoms with Crippen molar-refractivity contribution in [2.45, 2.75) is 18.4 Å². The highest BCUT2D eigenvalue weighted by Crippen LogP contribution is 2.22. The molecule has 3 rings (SSSR count). The summed E-state index contributed by atoms with van der Waals surface area (Å²) in [4.78, 5) is 32.4. The Morgan fingerprint density at radius 3 is 3.03 bits per heavy atom. The molecular weight excluding hydrogens is 404 g/mol. The topological polar surface area (TPSA) is 161 Å². The first-order valence-corrected chi connectivity index (χ1v) is 9.00. The molecular formula is C16H14N6O6S. The molecule has 1 aromatic carbocycles. The molecule has 2 N–H and O–H groups in total. The number of aliphatic carboxylic acids is 1. The Hall–Kier alpha value is -3.74.